The molecule has 0 atom stereocenters. The van der Waals surface area contributed by atoms with Crippen LogP contribution in [0.15, 0.2) is 71.7 Å². The summed E-state index contributed by atoms with van der Waals surface area (Å²) in [4.78, 5) is 28.6. The Labute approximate surface area is 161 Å². The lowest BCUT2D eigenvalue weighted by atomic mass is 10.1. The van der Waals surface area contributed by atoms with Crippen molar-refractivity contribution in [3.05, 3.63) is 87.7 Å². The molecule has 3 aromatic rings. The largest absolute Gasteiger partial charge is 0.350 e. The normalized spacial score (nSPS) is 14.2. The van der Waals surface area contributed by atoms with Gasteiger partial charge in [0.15, 0.2) is 0 Å². The third-order valence-corrected chi connectivity index (χ3v) is 5.60. The zero-order valence-corrected chi connectivity index (χ0v) is 15.8. The third-order valence-electron chi connectivity index (χ3n) is 4.71. The van der Waals surface area contributed by atoms with Crippen LogP contribution in [-0.4, -0.2) is 11.8 Å². The van der Waals surface area contributed by atoms with Crippen LogP contribution in [-0.2, 0) is 9.59 Å². The van der Waals surface area contributed by atoms with E-state index < -0.39 is 0 Å². The summed E-state index contributed by atoms with van der Waals surface area (Å²) < 4.78 is 0. The number of rotatable bonds is 4. The fraction of sp³-hybridized carbons (Fsp3) is 0.0909. The number of thiophene rings is 1. The van der Waals surface area contributed by atoms with Gasteiger partial charge in [0.05, 0.1) is 11.3 Å². The van der Waals surface area contributed by atoms with Crippen LogP contribution in [0.5, 0.6) is 0 Å². The predicted octanol–water partition coefficient (Wildman–Crippen LogP) is 4.76. The number of benzene rings is 2. The van der Waals surface area contributed by atoms with Gasteiger partial charge in [-0.1, -0.05) is 36.4 Å². The van der Waals surface area contributed by atoms with Crippen LogP contribution in [0, 0.1) is 13.8 Å². The molecule has 134 valence electrons. The van der Waals surface area contributed by atoms with Gasteiger partial charge < -0.3 is 5.32 Å². The number of carbonyl (C=O) groups is 2. The monoisotopic (exact) mass is 374 g/mol. The first-order valence-electron chi connectivity index (χ1n) is 8.63. The molecule has 5 heteroatoms. The molecule has 2 aromatic carbocycles. The van der Waals surface area contributed by atoms with Crippen LogP contribution in [0.2, 0.25) is 0 Å². The summed E-state index contributed by atoms with van der Waals surface area (Å²) in [6.45, 7) is 3.90. The van der Waals surface area contributed by atoms with Crippen LogP contribution in [0.4, 0.5) is 11.4 Å². The Morgan fingerprint density at radius 2 is 1.63 bits per heavy atom. The highest BCUT2D eigenvalue weighted by Gasteiger charge is 2.41. The summed E-state index contributed by atoms with van der Waals surface area (Å²) in [5, 5.41) is 5.07. The maximum absolute atomic E-state index is 13.3. The highest BCUT2D eigenvalue weighted by molar-refractivity contribution is 7.11. The second kappa shape index (κ2) is 6.85. The Morgan fingerprint density at radius 1 is 0.852 bits per heavy atom. The van der Waals surface area contributed by atoms with Gasteiger partial charge in [0.25, 0.3) is 11.8 Å². The van der Waals surface area contributed by atoms with E-state index in [0.29, 0.717) is 17.0 Å². The predicted molar refractivity (Wildman–Crippen MR) is 110 cm³/mol. The number of para-hydroxylation sites is 1. The van der Waals surface area contributed by atoms with E-state index in [1.807, 2.05) is 79.9 Å². The summed E-state index contributed by atoms with van der Waals surface area (Å²) >= 11 is 1.45. The number of carbonyl (C=O) groups excluding carboxylic acids is 2. The van der Waals surface area contributed by atoms with E-state index in [1.54, 1.807) is 0 Å². The molecule has 4 nitrogen and oxygen atoms in total. The van der Waals surface area contributed by atoms with Gasteiger partial charge in [-0.3, -0.25) is 9.59 Å². The Morgan fingerprint density at radius 3 is 2.33 bits per heavy atom. The molecule has 1 aliphatic rings. The van der Waals surface area contributed by atoms with Crippen molar-refractivity contribution in [2.45, 2.75) is 13.8 Å². The van der Waals surface area contributed by atoms with Crippen molar-refractivity contribution >= 4 is 40.1 Å². The van der Waals surface area contributed by atoms with E-state index >= 15 is 0 Å². The Bertz CT molecular complexity index is 1050. The van der Waals surface area contributed by atoms with Gasteiger partial charge in [0.2, 0.25) is 0 Å². The number of anilines is 2. The first-order chi connectivity index (χ1) is 13.1. The SMILES string of the molecule is Cc1cccc(N2C(=O)C(Nc3ccccc3)=C(c3cccs3)C2=O)c1C. The molecule has 0 saturated heterocycles. The molecule has 0 unspecified atom stereocenters. The molecule has 1 aliphatic heterocycles. The first kappa shape index (κ1) is 17.2. The van der Waals surface area contributed by atoms with E-state index in [2.05, 4.69) is 5.32 Å². The highest BCUT2D eigenvalue weighted by Crippen LogP contribution is 2.37. The van der Waals surface area contributed by atoms with Crippen LogP contribution in [0.1, 0.15) is 16.0 Å². The Balaban J connectivity index is 1.83. The summed E-state index contributed by atoms with van der Waals surface area (Å²) in [6, 6.07) is 18.8. The molecule has 27 heavy (non-hydrogen) atoms. The van der Waals surface area contributed by atoms with Gasteiger partial charge in [0.1, 0.15) is 5.70 Å². The molecule has 4 rings (SSSR count). The minimum absolute atomic E-state index is 0.297. The van der Waals surface area contributed by atoms with Crippen molar-refractivity contribution < 1.29 is 9.59 Å². The Kier molecular flexibility index (Phi) is 4.38. The average molecular weight is 374 g/mol. The van der Waals surface area contributed by atoms with Crippen LogP contribution >= 0.6 is 11.3 Å². The lowest BCUT2D eigenvalue weighted by molar-refractivity contribution is -0.120. The third kappa shape index (κ3) is 2.96. The molecule has 2 heterocycles. The first-order valence-corrected chi connectivity index (χ1v) is 9.51. The maximum atomic E-state index is 13.3. The van der Waals surface area contributed by atoms with Crippen molar-refractivity contribution in [1.82, 2.24) is 0 Å². The summed E-state index contributed by atoms with van der Waals surface area (Å²) in [7, 11) is 0. The molecule has 0 radical (unpaired) electrons. The number of hydrogen-bond acceptors (Lipinski definition) is 4. The maximum Gasteiger partial charge on any atom is 0.282 e. The van der Waals surface area contributed by atoms with Crippen molar-refractivity contribution in [1.29, 1.82) is 0 Å². The van der Waals surface area contributed by atoms with Crippen LogP contribution in [0.25, 0.3) is 5.57 Å². The molecule has 0 bridgehead atoms. The van der Waals surface area contributed by atoms with Crippen LogP contribution < -0.4 is 10.2 Å². The molecule has 2 amide bonds. The number of imide groups is 1. The van der Waals surface area contributed by atoms with E-state index in [-0.39, 0.29) is 11.8 Å². The molecule has 0 spiro atoms. The van der Waals surface area contributed by atoms with Gasteiger partial charge >= 0.3 is 0 Å². The minimum atomic E-state index is -0.332. The second-order valence-corrected chi connectivity index (χ2v) is 7.33. The summed E-state index contributed by atoms with van der Waals surface area (Å²) in [6.07, 6.45) is 0. The van der Waals surface area contributed by atoms with Crippen molar-refractivity contribution in [3.63, 3.8) is 0 Å². The van der Waals surface area contributed by atoms with E-state index in [9.17, 15) is 9.59 Å². The van der Waals surface area contributed by atoms with Crippen molar-refractivity contribution in [3.8, 4) is 0 Å². The van der Waals surface area contributed by atoms with E-state index in [1.165, 1.54) is 16.2 Å². The number of nitrogens with one attached hydrogen (secondary N) is 1. The van der Waals surface area contributed by atoms with Gasteiger partial charge in [-0.2, -0.15) is 0 Å². The minimum Gasteiger partial charge on any atom is -0.350 e. The molecule has 1 N–H and O–H groups in total. The summed E-state index contributed by atoms with van der Waals surface area (Å²) in [5.41, 5.74) is 4.09. The zero-order chi connectivity index (χ0) is 19.0. The lowest BCUT2D eigenvalue weighted by Crippen LogP contribution is -2.33. The topological polar surface area (TPSA) is 49.4 Å². The summed E-state index contributed by atoms with van der Waals surface area (Å²) in [5.74, 6) is -0.629. The molecule has 0 saturated carbocycles. The number of nitrogens with zero attached hydrogens (tertiary/aromatic N) is 1. The smallest absolute Gasteiger partial charge is 0.282 e. The average Bonchev–Trinajstić information content (AvgIpc) is 3.26. The van der Waals surface area contributed by atoms with E-state index in [0.717, 1.165) is 21.7 Å². The van der Waals surface area contributed by atoms with E-state index in [4.69, 9.17) is 0 Å². The highest BCUT2D eigenvalue weighted by atomic mass is 32.1. The zero-order valence-electron chi connectivity index (χ0n) is 15.0. The molecule has 0 aliphatic carbocycles. The van der Waals surface area contributed by atoms with Gasteiger partial charge in [-0.05, 0) is 54.6 Å². The van der Waals surface area contributed by atoms with Crippen LogP contribution in [0.3, 0.4) is 0 Å². The van der Waals surface area contributed by atoms with Crippen molar-refractivity contribution in [2.24, 2.45) is 0 Å². The molecule has 0 fully saturated rings. The van der Waals surface area contributed by atoms with Crippen molar-refractivity contribution in [2.75, 3.05) is 10.2 Å². The number of amides is 2. The number of aryl methyl sites for hydroxylation is 1. The molecule has 1 aromatic heterocycles. The standard InChI is InChI=1S/C22H18N2O2S/c1-14-8-6-11-17(15(14)2)24-21(25)19(18-12-7-13-27-18)20(22(24)26)23-16-9-4-3-5-10-16/h3-13,23H,1-2H3. The number of hydrogen-bond donors (Lipinski definition) is 1. The Hall–Kier alpha value is -3.18. The van der Waals surface area contributed by atoms with Gasteiger partial charge in [-0.25, -0.2) is 4.90 Å². The quantitative estimate of drug-likeness (QED) is 0.670. The molecular formula is C22H18N2O2S. The fourth-order valence-corrected chi connectivity index (χ4v) is 3.93. The fourth-order valence-electron chi connectivity index (χ4n) is 3.16. The van der Waals surface area contributed by atoms with Gasteiger partial charge in [-0.15, -0.1) is 11.3 Å². The lowest BCUT2D eigenvalue weighted by Gasteiger charge is -2.19. The second-order valence-electron chi connectivity index (χ2n) is 6.38. The molecular weight excluding hydrogens is 356 g/mol. The van der Waals surface area contributed by atoms with Gasteiger partial charge in [0, 0.05) is 10.6 Å².